The van der Waals surface area contributed by atoms with Crippen molar-refractivity contribution in [1.82, 2.24) is 24.8 Å². The summed E-state index contributed by atoms with van der Waals surface area (Å²) in [6.07, 6.45) is 5.67. The Hall–Kier alpha value is -2.77. The van der Waals surface area contributed by atoms with Gasteiger partial charge in [-0.15, -0.1) is 0 Å². The third kappa shape index (κ3) is 2.85. The van der Waals surface area contributed by atoms with Crippen LogP contribution in [0.4, 0.5) is 5.69 Å². The highest BCUT2D eigenvalue weighted by atomic mass is 16.5. The SMILES string of the molecule is COc1nc(C)nc2c1C(C)N(C(=O)CC1CN(c3cncnc3)C1)C2. The van der Waals surface area contributed by atoms with E-state index in [1.54, 1.807) is 19.5 Å². The highest BCUT2D eigenvalue weighted by molar-refractivity contribution is 5.78. The predicted octanol–water partition coefficient (Wildman–Crippen LogP) is 1.51. The van der Waals surface area contributed by atoms with E-state index in [1.807, 2.05) is 18.7 Å². The van der Waals surface area contributed by atoms with Crippen molar-refractivity contribution in [3.8, 4) is 5.88 Å². The molecule has 2 aromatic rings. The quantitative estimate of drug-likeness (QED) is 0.823. The molecular weight excluding hydrogens is 332 g/mol. The lowest BCUT2D eigenvalue weighted by Gasteiger charge is -2.41. The van der Waals surface area contributed by atoms with Crippen molar-refractivity contribution in [3.05, 3.63) is 35.8 Å². The molecule has 1 saturated heterocycles. The van der Waals surface area contributed by atoms with Crippen LogP contribution in [-0.2, 0) is 11.3 Å². The summed E-state index contributed by atoms with van der Waals surface area (Å²) in [4.78, 5) is 33.9. The molecule has 2 aromatic heterocycles. The number of anilines is 1. The van der Waals surface area contributed by atoms with Crippen LogP contribution in [0.25, 0.3) is 0 Å². The molecule has 0 spiro atoms. The summed E-state index contributed by atoms with van der Waals surface area (Å²) >= 11 is 0. The van der Waals surface area contributed by atoms with Crippen molar-refractivity contribution >= 4 is 11.6 Å². The first-order valence-corrected chi connectivity index (χ1v) is 8.77. The standard InChI is InChI=1S/C18H22N6O2/c1-11-17-15(21-12(2)22-18(17)26-3)9-24(11)16(25)4-13-7-23(8-13)14-5-19-10-20-6-14/h5-6,10-11,13H,4,7-9H2,1-3H3. The number of carbonyl (C=O) groups is 1. The maximum Gasteiger partial charge on any atom is 0.223 e. The zero-order valence-electron chi connectivity index (χ0n) is 15.2. The summed E-state index contributed by atoms with van der Waals surface area (Å²) in [6.45, 7) is 6.10. The Labute approximate surface area is 152 Å². The van der Waals surface area contributed by atoms with E-state index in [4.69, 9.17) is 4.74 Å². The number of rotatable bonds is 4. The molecule has 0 N–H and O–H groups in total. The molecule has 0 saturated carbocycles. The van der Waals surface area contributed by atoms with Gasteiger partial charge in [0.05, 0.1) is 49.0 Å². The first-order chi connectivity index (χ1) is 12.6. The second kappa shape index (κ2) is 6.51. The van der Waals surface area contributed by atoms with Gasteiger partial charge in [0.2, 0.25) is 11.8 Å². The van der Waals surface area contributed by atoms with Crippen LogP contribution in [0.5, 0.6) is 5.88 Å². The highest BCUT2D eigenvalue weighted by Crippen LogP contribution is 2.38. The fourth-order valence-corrected chi connectivity index (χ4v) is 3.79. The molecule has 0 bridgehead atoms. The number of ether oxygens (including phenoxy) is 1. The number of aromatic nitrogens is 4. The Morgan fingerprint density at radius 3 is 2.69 bits per heavy atom. The van der Waals surface area contributed by atoms with E-state index in [2.05, 4.69) is 24.8 Å². The first-order valence-electron chi connectivity index (χ1n) is 8.77. The van der Waals surface area contributed by atoms with Crippen molar-refractivity contribution in [2.24, 2.45) is 5.92 Å². The van der Waals surface area contributed by atoms with Crippen LogP contribution in [0.2, 0.25) is 0 Å². The molecule has 1 fully saturated rings. The summed E-state index contributed by atoms with van der Waals surface area (Å²) < 4.78 is 5.41. The van der Waals surface area contributed by atoms with Crippen LogP contribution < -0.4 is 9.64 Å². The summed E-state index contributed by atoms with van der Waals surface area (Å²) in [5.74, 6) is 1.76. The average Bonchev–Trinajstić information content (AvgIpc) is 2.94. The molecule has 26 heavy (non-hydrogen) atoms. The van der Waals surface area contributed by atoms with E-state index >= 15 is 0 Å². The zero-order chi connectivity index (χ0) is 18.3. The largest absolute Gasteiger partial charge is 0.481 e. The Bertz CT molecular complexity index is 822. The third-order valence-electron chi connectivity index (χ3n) is 5.15. The minimum Gasteiger partial charge on any atom is -0.481 e. The predicted molar refractivity (Wildman–Crippen MR) is 94.6 cm³/mol. The smallest absolute Gasteiger partial charge is 0.223 e. The maximum atomic E-state index is 12.8. The molecule has 0 aromatic carbocycles. The number of aryl methyl sites for hydroxylation is 1. The Kier molecular flexibility index (Phi) is 4.18. The van der Waals surface area contributed by atoms with Crippen molar-refractivity contribution in [3.63, 3.8) is 0 Å². The lowest BCUT2D eigenvalue weighted by molar-refractivity contribution is -0.134. The Balaban J connectivity index is 1.39. The van der Waals surface area contributed by atoms with Crippen molar-refractivity contribution in [2.75, 3.05) is 25.1 Å². The highest BCUT2D eigenvalue weighted by Gasteiger charge is 2.37. The fourth-order valence-electron chi connectivity index (χ4n) is 3.79. The van der Waals surface area contributed by atoms with E-state index in [9.17, 15) is 4.79 Å². The fraction of sp³-hybridized carbons (Fsp3) is 0.500. The minimum absolute atomic E-state index is 0.0632. The van der Waals surface area contributed by atoms with Gasteiger partial charge in [0.25, 0.3) is 0 Å². The molecule has 4 rings (SSSR count). The summed E-state index contributed by atoms with van der Waals surface area (Å²) in [5.41, 5.74) is 2.84. The van der Waals surface area contributed by atoms with E-state index in [0.29, 0.717) is 30.6 Å². The Morgan fingerprint density at radius 1 is 1.27 bits per heavy atom. The molecule has 1 atom stereocenters. The monoisotopic (exact) mass is 354 g/mol. The number of amides is 1. The van der Waals surface area contributed by atoms with Crippen LogP contribution in [0, 0.1) is 12.8 Å². The summed E-state index contributed by atoms with van der Waals surface area (Å²) in [5, 5.41) is 0. The molecule has 0 aliphatic carbocycles. The third-order valence-corrected chi connectivity index (χ3v) is 5.15. The normalized spacial score (nSPS) is 19.3. The Morgan fingerprint density at radius 2 is 2.00 bits per heavy atom. The number of methoxy groups -OCH3 is 1. The van der Waals surface area contributed by atoms with Crippen molar-refractivity contribution in [2.45, 2.75) is 32.9 Å². The van der Waals surface area contributed by atoms with E-state index in [-0.39, 0.29) is 11.9 Å². The van der Waals surface area contributed by atoms with E-state index in [1.165, 1.54) is 6.33 Å². The molecule has 2 aliphatic rings. The second-order valence-corrected chi connectivity index (χ2v) is 6.91. The van der Waals surface area contributed by atoms with E-state index < -0.39 is 0 Å². The van der Waals surface area contributed by atoms with Crippen LogP contribution in [-0.4, -0.2) is 50.9 Å². The maximum absolute atomic E-state index is 12.8. The second-order valence-electron chi connectivity index (χ2n) is 6.91. The van der Waals surface area contributed by atoms with Crippen LogP contribution in [0.3, 0.4) is 0 Å². The van der Waals surface area contributed by atoms with Gasteiger partial charge in [0.15, 0.2) is 0 Å². The van der Waals surface area contributed by atoms with Gasteiger partial charge in [-0.2, -0.15) is 4.98 Å². The van der Waals surface area contributed by atoms with Crippen molar-refractivity contribution in [1.29, 1.82) is 0 Å². The molecule has 1 amide bonds. The van der Waals surface area contributed by atoms with Gasteiger partial charge in [-0.1, -0.05) is 0 Å². The minimum atomic E-state index is -0.0632. The molecular formula is C18H22N6O2. The molecule has 0 radical (unpaired) electrons. The van der Waals surface area contributed by atoms with Gasteiger partial charge < -0.3 is 14.5 Å². The number of carbonyl (C=O) groups excluding carboxylic acids is 1. The van der Waals surface area contributed by atoms with E-state index in [0.717, 1.165) is 30.0 Å². The zero-order valence-corrected chi connectivity index (χ0v) is 15.2. The van der Waals surface area contributed by atoms with Crippen LogP contribution in [0.15, 0.2) is 18.7 Å². The van der Waals surface area contributed by atoms with Gasteiger partial charge in [0, 0.05) is 25.4 Å². The number of hydrogen-bond donors (Lipinski definition) is 0. The summed E-state index contributed by atoms with van der Waals surface area (Å²) in [6, 6.07) is -0.0632. The molecule has 2 aliphatic heterocycles. The number of hydrogen-bond acceptors (Lipinski definition) is 7. The van der Waals surface area contributed by atoms with Gasteiger partial charge in [0.1, 0.15) is 12.2 Å². The van der Waals surface area contributed by atoms with Gasteiger partial charge >= 0.3 is 0 Å². The first kappa shape index (κ1) is 16.7. The van der Waals surface area contributed by atoms with Gasteiger partial charge in [-0.05, 0) is 13.8 Å². The van der Waals surface area contributed by atoms with Crippen LogP contribution in [0.1, 0.15) is 36.5 Å². The van der Waals surface area contributed by atoms with Crippen LogP contribution >= 0.6 is 0 Å². The molecule has 8 nitrogen and oxygen atoms in total. The molecule has 1 unspecified atom stereocenters. The van der Waals surface area contributed by atoms with Crippen molar-refractivity contribution < 1.29 is 9.53 Å². The lowest BCUT2D eigenvalue weighted by Crippen LogP contribution is -2.48. The molecule has 8 heteroatoms. The van der Waals surface area contributed by atoms with Gasteiger partial charge in [-0.25, -0.2) is 15.0 Å². The molecule has 136 valence electrons. The lowest BCUT2D eigenvalue weighted by atomic mass is 9.95. The van der Waals surface area contributed by atoms with Gasteiger partial charge in [-0.3, -0.25) is 4.79 Å². The molecule has 4 heterocycles. The average molecular weight is 354 g/mol. The summed E-state index contributed by atoms with van der Waals surface area (Å²) in [7, 11) is 1.61. The number of nitrogens with zero attached hydrogens (tertiary/aromatic N) is 6. The number of fused-ring (bicyclic) bond motifs is 1. The topological polar surface area (TPSA) is 84.3 Å².